The van der Waals surface area contributed by atoms with Gasteiger partial charge in [-0.25, -0.2) is 4.79 Å². The number of rotatable bonds is 6. The number of morpholine rings is 1. The first kappa shape index (κ1) is 15.0. The molecule has 0 aliphatic carbocycles. The molecule has 0 bridgehead atoms. The number of methoxy groups -OCH3 is 1. The molecule has 1 aromatic rings. The summed E-state index contributed by atoms with van der Waals surface area (Å²) in [5, 5.41) is 3.29. The molecule has 1 unspecified atom stereocenters. The summed E-state index contributed by atoms with van der Waals surface area (Å²) in [4.78, 5) is 13.7. The molecule has 0 spiro atoms. The summed E-state index contributed by atoms with van der Waals surface area (Å²) in [6.45, 7) is 7.30. The third-order valence-electron chi connectivity index (χ3n) is 3.42. The second-order valence-electron chi connectivity index (χ2n) is 4.81. The summed E-state index contributed by atoms with van der Waals surface area (Å²) >= 11 is 0. The largest absolute Gasteiger partial charge is 0.467 e. The van der Waals surface area contributed by atoms with Crippen molar-refractivity contribution in [3.05, 3.63) is 23.7 Å². The molecule has 1 saturated heterocycles. The molecule has 0 aromatic carbocycles. The van der Waals surface area contributed by atoms with E-state index < -0.39 is 0 Å². The van der Waals surface area contributed by atoms with Crippen LogP contribution in [0.3, 0.4) is 0 Å². The number of hydrogen-bond acceptors (Lipinski definition) is 6. The Bertz CT molecular complexity index is 433. The fourth-order valence-electron chi connectivity index (χ4n) is 2.25. The first-order chi connectivity index (χ1) is 9.72. The van der Waals surface area contributed by atoms with Crippen molar-refractivity contribution in [2.24, 2.45) is 0 Å². The maximum Gasteiger partial charge on any atom is 0.341 e. The summed E-state index contributed by atoms with van der Waals surface area (Å²) < 4.78 is 15.6. The molecular weight excluding hydrogens is 260 g/mol. The molecule has 1 aliphatic heterocycles. The van der Waals surface area contributed by atoms with Gasteiger partial charge < -0.3 is 19.2 Å². The zero-order valence-electron chi connectivity index (χ0n) is 12.1. The second kappa shape index (κ2) is 7.42. The summed E-state index contributed by atoms with van der Waals surface area (Å²) in [5.74, 6) is 0.336. The molecular formula is C14H22N2O4. The fraction of sp³-hybridized carbons (Fsp3) is 0.643. The van der Waals surface area contributed by atoms with Gasteiger partial charge in [0.25, 0.3) is 0 Å². The molecule has 2 heterocycles. The molecule has 6 heteroatoms. The number of likely N-dealkylation sites (N-methyl/N-ethyl adjacent to an activating group) is 1. The predicted octanol–water partition coefficient (Wildman–Crippen LogP) is 0.876. The Morgan fingerprint density at radius 2 is 2.45 bits per heavy atom. The van der Waals surface area contributed by atoms with E-state index in [2.05, 4.69) is 21.9 Å². The van der Waals surface area contributed by atoms with Gasteiger partial charge in [-0.05, 0) is 12.6 Å². The van der Waals surface area contributed by atoms with Crippen molar-refractivity contribution in [1.29, 1.82) is 0 Å². The van der Waals surface area contributed by atoms with Gasteiger partial charge in [0.2, 0.25) is 0 Å². The van der Waals surface area contributed by atoms with Gasteiger partial charge in [-0.1, -0.05) is 6.92 Å². The Balaban J connectivity index is 1.72. The van der Waals surface area contributed by atoms with Crippen molar-refractivity contribution >= 4 is 5.97 Å². The molecule has 112 valence electrons. The number of carbonyl (C=O) groups excluding carboxylic acids is 1. The maximum atomic E-state index is 11.3. The summed E-state index contributed by atoms with van der Waals surface area (Å²) in [6.07, 6.45) is 1.62. The van der Waals surface area contributed by atoms with Crippen LogP contribution in [0.2, 0.25) is 0 Å². The highest BCUT2D eigenvalue weighted by atomic mass is 16.5. The Kier molecular flexibility index (Phi) is 5.58. The Morgan fingerprint density at radius 3 is 3.20 bits per heavy atom. The van der Waals surface area contributed by atoms with Gasteiger partial charge in [0.1, 0.15) is 12.0 Å². The van der Waals surface area contributed by atoms with E-state index in [1.165, 1.54) is 13.4 Å². The second-order valence-corrected chi connectivity index (χ2v) is 4.81. The third-order valence-corrected chi connectivity index (χ3v) is 3.42. The highest BCUT2D eigenvalue weighted by Gasteiger charge is 2.18. The maximum absolute atomic E-state index is 11.3. The van der Waals surface area contributed by atoms with Crippen molar-refractivity contribution in [2.75, 3.05) is 39.9 Å². The van der Waals surface area contributed by atoms with Crippen molar-refractivity contribution < 1.29 is 18.7 Å². The number of furan rings is 1. The van der Waals surface area contributed by atoms with Crippen LogP contribution in [0.15, 0.2) is 16.7 Å². The number of hydrogen-bond donors (Lipinski definition) is 1. The molecule has 0 saturated carbocycles. The van der Waals surface area contributed by atoms with Gasteiger partial charge in [0.05, 0.1) is 31.9 Å². The number of ether oxygens (including phenoxy) is 2. The molecule has 0 radical (unpaired) electrons. The Morgan fingerprint density at radius 1 is 1.60 bits per heavy atom. The lowest BCUT2D eigenvalue weighted by Gasteiger charge is -2.32. The topological polar surface area (TPSA) is 63.9 Å². The van der Waals surface area contributed by atoms with E-state index in [4.69, 9.17) is 9.15 Å². The molecule has 0 amide bonds. The van der Waals surface area contributed by atoms with E-state index in [1.807, 2.05) is 0 Å². The van der Waals surface area contributed by atoms with Gasteiger partial charge >= 0.3 is 5.97 Å². The number of nitrogens with zero attached hydrogens (tertiary/aromatic N) is 1. The van der Waals surface area contributed by atoms with Crippen LogP contribution in [0.5, 0.6) is 0 Å². The van der Waals surface area contributed by atoms with Crippen LogP contribution in [0.4, 0.5) is 0 Å². The molecule has 1 atom stereocenters. The van der Waals surface area contributed by atoms with Crippen LogP contribution < -0.4 is 5.32 Å². The average Bonchev–Trinajstić information content (AvgIpc) is 2.95. The summed E-state index contributed by atoms with van der Waals surface area (Å²) in [7, 11) is 1.35. The van der Waals surface area contributed by atoms with Gasteiger partial charge in [-0.3, -0.25) is 4.90 Å². The zero-order valence-corrected chi connectivity index (χ0v) is 12.1. The molecule has 1 aliphatic rings. The Hall–Kier alpha value is -1.37. The minimum atomic E-state index is -0.380. The standard InChI is InChI=1S/C14H22N2O4/c1-3-16-4-5-19-13(9-16)8-15-7-12-6-11(10-20-12)14(17)18-2/h6,10,13,15H,3-5,7-9H2,1-2H3. The molecule has 1 aromatic heterocycles. The van der Waals surface area contributed by atoms with E-state index in [9.17, 15) is 4.79 Å². The van der Waals surface area contributed by atoms with E-state index in [0.717, 1.165) is 32.8 Å². The molecule has 6 nitrogen and oxygen atoms in total. The number of nitrogens with one attached hydrogen (secondary N) is 1. The van der Waals surface area contributed by atoms with Crippen molar-refractivity contribution in [3.63, 3.8) is 0 Å². The van der Waals surface area contributed by atoms with E-state index in [1.54, 1.807) is 6.07 Å². The highest BCUT2D eigenvalue weighted by Crippen LogP contribution is 2.09. The first-order valence-electron chi connectivity index (χ1n) is 6.93. The van der Waals surface area contributed by atoms with Crippen LogP contribution in [0.25, 0.3) is 0 Å². The lowest BCUT2D eigenvalue weighted by Crippen LogP contribution is -2.46. The minimum absolute atomic E-state index is 0.207. The monoisotopic (exact) mass is 282 g/mol. The van der Waals surface area contributed by atoms with Gasteiger partial charge in [-0.15, -0.1) is 0 Å². The van der Waals surface area contributed by atoms with E-state index in [0.29, 0.717) is 17.9 Å². The van der Waals surface area contributed by atoms with Crippen LogP contribution in [0.1, 0.15) is 23.0 Å². The summed E-state index contributed by atoms with van der Waals surface area (Å²) in [6, 6.07) is 1.69. The average molecular weight is 282 g/mol. The molecule has 1 N–H and O–H groups in total. The van der Waals surface area contributed by atoms with Crippen LogP contribution in [0, 0.1) is 0 Å². The van der Waals surface area contributed by atoms with E-state index >= 15 is 0 Å². The van der Waals surface area contributed by atoms with E-state index in [-0.39, 0.29) is 12.1 Å². The fourth-order valence-corrected chi connectivity index (χ4v) is 2.25. The Labute approximate surface area is 119 Å². The highest BCUT2D eigenvalue weighted by molar-refractivity contribution is 5.88. The van der Waals surface area contributed by atoms with Gasteiger partial charge in [-0.2, -0.15) is 0 Å². The SMILES string of the molecule is CCN1CCOC(CNCc2cc(C(=O)OC)co2)C1. The molecule has 2 rings (SSSR count). The lowest BCUT2D eigenvalue weighted by molar-refractivity contribution is -0.0255. The van der Waals surface area contributed by atoms with Crippen LogP contribution in [-0.2, 0) is 16.0 Å². The number of carbonyl (C=O) groups is 1. The lowest BCUT2D eigenvalue weighted by atomic mass is 10.2. The quantitative estimate of drug-likeness (QED) is 0.781. The van der Waals surface area contributed by atoms with Crippen molar-refractivity contribution in [2.45, 2.75) is 19.6 Å². The first-order valence-corrected chi connectivity index (χ1v) is 6.93. The van der Waals surface area contributed by atoms with Crippen molar-refractivity contribution in [3.8, 4) is 0 Å². The number of esters is 1. The van der Waals surface area contributed by atoms with Crippen molar-refractivity contribution in [1.82, 2.24) is 10.2 Å². The predicted molar refractivity (Wildman–Crippen MR) is 73.6 cm³/mol. The van der Waals surface area contributed by atoms with Crippen LogP contribution >= 0.6 is 0 Å². The normalized spacial score (nSPS) is 20.0. The molecule has 20 heavy (non-hydrogen) atoms. The summed E-state index contributed by atoms with van der Waals surface area (Å²) in [5.41, 5.74) is 0.440. The molecule has 1 fully saturated rings. The van der Waals surface area contributed by atoms with Crippen LogP contribution in [-0.4, -0.2) is 56.9 Å². The zero-order chi connectivity index (χ0) is 14.4. The van der Waals surface area contributed by atoms with Gasteiger partial charge in [0.15, 0.2) is 0 Å². The minimum Gasteiger partial charge on any atom is -0.467 e. The smallest absolute Gasteiger partial charge is 0.341 e. The third kappa shape index (κ3) is 4.06. The van der Waals surface area contributed by atoms with Gasteiger partial charge in [0, 0.05) is 19.6 Å².